The highest BCUT2D eigenvalue weighted by atomic mass is 16.1. The topological polar surface area (TPSA) is 77.7 Å². The van der Waals surface area contributed by atoms with Crippen molar-refractivity contribution in [2.75, 3.05) is 13.1 Å². The van der Waals surface area contributed by atoms with Gasteiger partial charge in [-0.05, 0) is 32.2 Å². The number of H-pyrrole nitrogens is 2. The Bertz CT molecular complexity index is 789. The second kappa shape index (κ2) is 7.74. The van der Waals surface area contributed by atoms with E-state index in [0.29, 0.717) is 11.7 Å². The summed E-state index contributed by atoms with van der Waals surface area (Å²) in [7, 11) is 0. The van der Waals surface area contributed by atoms with Gasteiger partial charge in [0.05, 0.1) is 5.69 Å². The lowest BCUT2D eigenvalue weighted by molar-refractivity contribution is 0.196. The van der Waals surface area contributed by atoms with Crippen LogP contribution in [0.15, 0.2) is 17.1 Å². The molecule has 0 radical (unpaired) electrons. The van der Waals surface area contributed by atoms with Crippen molar-refractivity contribution < 1.29 is 0 Å². The van der Waals surface area contributed by atoms with Crippen molar-refractivity contribution in [2.24, 2.45) is 5.92 Å². The molecule has 140 valence electrons. The van der Waals surface area contributed by atoms with Crippen LogP contribution in [-0.4, -0.2) is 37.9 Å². The van der Waals surface area contributed by atoms with E-state index in [2.05, 4.69) is 24.8 Å². The number of likely N-dealkylation sites (tertiary alicyclic amines) is 1. The molecular formula is C20H29N5O. The number of hydrogen-bond donors (Lipinski definition) is 2. The molecule has 2 fully saturated rings. The van der Waals surface area contributed by atoms with E-state index in [-0.39, 0.29) is 5.56 Å². The van der Waals surface area contributed by atoms with E-state index < -0.39 is 0 Å². The lowest BCUT2D eigenvalue weighted by Gasteiger charge is -2.32. The van der Waals surface area contributed by atoms with E-state index in [1.54, 1.807) is 6.07 Å². The number of aromatic amines is 2. The van der Waals surface area contributed by atoms with Gasteiger partial charge in [0.15, 0.2) is 0 Å². The van der Waals surface area contributed by atoms with Gasteiger partial charge in [-0.25, -0.2) is 9.97 Å². The molecule has 6 nitrogen and oxygen atoms in total. The van der Waals surface area contributed by atoms with Gasteiger partial charge in [0.1, 0.15) is 11.6 Å². The molecule has 26 heavy (non-hydrogen) atoms. The predicted octanol–water partition coefficient (Wildman–Crippen LogP) is 2.91. The standard InChI is InChI=1S/C20H29N5O/c1-14-22-18(10-20(26)23-14)16-7-4-8-25(12-16)13-17-11-21-19(24-17)9-15-5-2-3-6-15/h10-11,15-16H,2-9,12-13H2,1H3,(H,21,24)(H,22,23,26)/t16-/m1/s1. The third-order valence-electron chi connectivity index (χ3n) is 5.84. The zero-order chi connectivity index (χ0) is 17.9. The van der Waals surface area contributed by atoms with Crippen LogP contribution in [-0.2, 0) is 13.0 Å². The van der Waals surface area contributed by atoms with E-state index in [1.165, 1.54) is 31.4 Å². The molecule has 3 heterocycles. The van der Waals surface area contributed by atoms with Crippen LogP contribution in [0.1, 0.15) is 67.5 Å². The van der Waals surface area contributed by atoms with Crippen LogP contribution >= 0.6 is 0 Å². The van der Waals surface area contributed by atoms with Crippen LogP contribution in [0.4, 0.5) is 0 Å². The normalized spacial score (nSPS) is 22.1. The molecule has 6 heteroatoms. The first-order valence-corrected chi connectivity index (χ1v) is 9.98. The number of imidazole rings is 1. The Kier molecular flexibility index (Phi) is 5.20. The fraction of sp³-hybridized carbons (Fsp3) is 0.650. The monoisotopic (exact) mass is 355 g/mol. The van der Waals surface area contributed by atoms with Crippen LogP contribution in [0.2, 0.25) is 0 Å². The number of aromatic nitrogens is 4. The molecule has 2 aromatic heterocycles. The fourth-order valence-electron chi connectivity index (χ4n) is 4.57. The first-order chi connectivity index (χ1) is 12.7. The number of aryl methyl sites for hydroxylation is 1. The molecule has 0 bridgehead atoms. The van der Waals surface area contributed by atoms with Crippen molar-refractivity contribution in [2.45, 2.75) is 64.3 Å². The number of rotatable bonds is 5. The second-order valence-electron chi connectivity index (χ2n) is 8.04. The Morgan fingerprint density at radius 2 is 2.04 bits per heavy atom. The van der Waals surface area contributed by atoms with Gasteiger partial charge in [-0.3, -0.25) is 9.69 Å². The van der Waals surface area contributed by atoms with Crippen molar-refractivity contribution in [3.05, 3.63) is 45.7 Å². The molecule has 1 saturated carbocycles. The Balaban J connectivity index is 1.37. The molecule has 2 aromatic rings. The Hall–Kier alpha value is -1.95. The molecule has 4 rings (SSSR count). The summed E-state index contributed by atoms with van der Waals surface area (Å²) < 4.78 is 0. The highest BCUT2D eigenvalue weighted by Gasteiger charge is 2.24. The third-order valence-corrected chi connectivity index (χ3v) is 5.84. The van der Waals surface area contributed by atoms with Gasteiger partial charge < -0.3 is 9.97 Å². The smallest absolute Gasteiger partial charge is 0.251 e. The summed E-state index contributed by atoms with van der Waals surface area (Å²) in [6.07, 6.45) is 10.8. The zero-order valence-corrected chi connectivity index (χ0v) is 15.6. The van der Waals surface area contributed by atoms with Gasteiger partial charge in [0, 0.05) is 43.4 Å². The van der Waals surface area contributed by atoms with Gasteiger partial charge in [-0.1, -0.05) is 25.7 Å². The summed E-state index contributed by atoms with van der Waals surface area (Å²) in [5.41, 5.74) is 2.09. The first kappa shape index (κ1) is 17.5. The molecule has 0 aromatic carbocycles. The summed E-state index contributed by atoms with van der Waals surface area (Å²) in [6.45, 7) is 4.79. The molecule has 0 unspecified atom stereocenters. The summed E-state index contributed by atoms with van der Waals surface area (Å²) in [6, 6.07) is 1.66. The van der Waals surface area contributed by atoms with Crippen LogP contribution in [0, 0.1) is 12.8 Å². The molecule has 0 amide bonds. The zero-order valence-electron chi connectivity index (χ0n) is 15.6. The molecule has 1 saturated heterocycles. The quantitative estimate of drug-likeness (QED) is 0.864. The second-order valence-corrected chi connectivity index (χ2v) is 8.04. The summed E-state index contributed by atoms with van der Waals surface area (Å²) >= 11 is 0. The maximum Gasteiger partial charge on any atom is 0.251 e. The predicted molar refractivity (Wildman–Crippen MR) is 101 cm³/mol. The van der Waals surface area contributed by atoms with Crippen molar-refractivity contribution in [3.63, 3.8) is 0 Å². The first-order valence-electron chi connectivity index (χ1n) is 9.98. The van der Waals surface area contributed by atoms with Crippen LogP contribution in [0.25, 0.3) is 0 Å². The van der Waals surface area contributed by atoms with E-state index in [0.717, 1.165) is 56.3 Å². The molecule has 1 aliphatic heterocycles. The number of nitrogens with one attached hydrogen (secondary N) is 2. The lowest BCUT2D eigenvalue weighted by atomic mass is 9.94. The molecule has 2 N–H and O–H groups in total. The van der Waals surface area contributed by atoms with Crippen LogP contribution in [0.3, 0.4) is 0 Å². The van der Waals surface area contributed by atoms with Crippen molar-refractivity contribution >= 4 is 0 Å². The molecule has 1 atom stereocenters. The summed E-state index contributed by atoms with van der Waals surface area (Å²) in [4.78, 5) is 29.6. The SMILES string of the molecule is Cc1nc([C@@H]2CCCN(Cc3cnc(CC4CCCC4)[nH]3)C2)cc(=O)[nH]1. The highest BCUT2D eigenvalue weighted by molar-refractivity contribution is 5.11. The largest absolute Gasteiger partial charge is 0.345 e. The fourth-order valence-corrected chi connectivity index (χ4v) is 4.57. The Labute approximate surface area is 154 Å². The summed E-state index contributed by atoms with van der Waals surface area (Å²) in [5.74, 6) is 3.01. The van der Waals surface area contributed by atoms with Crippen molar-refractivity contribution in [1.29, 1.82) is 0 Å². The van der Waals surface area contributed by atoms with Crippen LogP contribution < -0.4 is 5.56 Å². The average Bonchev–Trinajstić information content (AvgIpc) is 3.27. The van der Waals surface area contributed by atoms with Gasteiger partial charge in [-0.15, -0.1) is 0 Å². The van der Waals surface area contributed by atoms with E-state index in [4.69, 9.17) is 0 Å². The molecule has 0 spiro atoms. The van der Waals surface area contributed by atoms with E-state index in [9.17, 15) is 4.79 Å². The van der Waals surface area contributed by atoms with Gasteiger partial charge in [0.25, 0.3) is 5.56 Å². The highest BCUT2D eigenvalue weighted by Crippen LogP contribution is 2.28. The van der Waals surface area contributed by atoms with Crippen LogP contribution in [0.5, 0.6) is 0 Å². The van der Waals surface area contributed by atoms with Crippen molar-refractivity contribution in [3.8, 4) is 0 Å². The molecule has 1 aliphatic carbocycles. The summed E-state index contributed by atoms with van der Waals surface area (Å²) in [5, 5.41) is 0. The van der Waals surface area contributed by atoms with E-state index in [1.807, 2.05) is 13.1 Å². The Morgan fingerprint density at radius 1 is 1.19 bits per heavy atom. The Morgan fingerprint density at radius 3 is 2.85 bits per heavy atom. The number of nitrogens with zero attached hydrogens (tertiary/aromatic N) is 3. The third kappa shape index (κ3) is 4.23. The number of piperidine rings is 1. The van der Waals surface area contributed by atoms with E-state index >= 15 is 0 Å². The van der Waals surface area contributed by atoms with Gasteiger partial charge in [-0.2, -0.15) is 0 Å². The molecular weight excluding hydrogens is 326 g/mol. The minimum Gasteiger partial charge on any atom is -0.345 e. The number of hydrogen-bond acceptors (Lipinski definition) is 4. The minimum atomic E-state index is -0.0465. The maximum absolute atomic E-state index is 11.7. The van der Waals surface area contributed by atoms with Gasteiger partial charge >= 0.3 is 0 Å². The molecule has 2 aliphatic rings. The van der Waals surface area contributed by atoms with Crippen molar-refractivity contribution in [1.82, 2.24) is 24.8 Å². The average molecular weight is 355 g/mol. The lowest BCUT2D eigenvalue weighted by Crippen LogP contribution is -2.34. The van der Waals surface area contributed by atoms with Gasteiger partial charge in [0.2, 0.25) is 0 Å². The maximum atomic E-state index is 11.7. The minimum absolute atomic E-state index is 0.0465.